The van der Waals surface area contributed by atoms with Gasteiger partial charge in [0.05, 0.1) is 10.6 Å². The summed E-state index contributed by atoms with van der Waals surface area (Å²) in [5.74, 6) is 0.450. The van der Waals surface area contributed by atoms with Gasteiger partial charge < -0.3 is 21.1 Å². The summed E-state index contributed by atoms with van der Waals surface area (Å²) in [6, 6.07) is 11.8. The molecule has 0 aliphatic carbocycles. The monoisotopic (exact) mass is 389 g/mol. The third-order valence-corrected chi connectivity index (χ3v) is 3.92. The minimum Gasteiger partial charge on any atom is -0.492 e. The van der Waals surface area contributed by atoms with E-state index >= 15 is 0 Å². The second-order valence-corrected chi connectivity index (χ2v) is 6.86. The number of nitrogens with two attached hydrogens (primary N) is 1. The number of hydrogen-bond donors (Lipinski definition) is 3. The van der Waals surface area contributed by atoms with Crippen LogP contribution >= 0.6 is 11.6 Å². The van der Waals surface area contributed by atoms with Gasteiger partial charge in [-0.1, -0.05) is 25.4 Å². The first kappa shape index (κ1) is 20.7. The molecule has 2 amide bonds. The molecule has 0 unspecified atom stereocenters. The standard InChI is InChI=1S/C20H24ClN3O3/c1-13(2)11-19(25)23-15-5-8-18(21)17(12-15)20(26)24-14-3-6-16(7-4-14)27-10-9-22/h3-8,12-13H,9-11,22H2,1-2H3,(H,23,25)(H,24,26). The first-order valence-corrected chi connectivity index (χ1v) is 9.10. The first-order chi connectivity index (χ1) is 12.9. The van der Waals surface area contributed by atoms with Crippen LogP contribution in [0.4, 0.5) is 11.4 Å². The molecule has 7 heteroatoms. The lowest BCUT2D eigenvalue weighted by Gasteiger charge is -2.11. The van der Waals surface area contributed by atoms with E-state index in [4.69, 9.17) is 22.1 Å². The molecule has 27 heavy (non-hydrogen) atoms. The summed E-state index contributed by atoms with van der Waals surface area (Å²) in [7, 11) is 0. The van der Waals surface area contributed by atoms with Gasteiger partial charge in [0, 0.05) is 24.3 Å². The molecule has 0 aliphatic heterocycles. The van der Waals surface area contributed by atoms with Crippen molar-refractivity contribution in [3.05, 3.63) is 53.1 Å². The lowest BCUT2D eigenvalue weighted by Crippen LogP contribution is -2.16. The number of hydrogen-bond acceptors (Lipinski definition) is 4. The third kappa shape index (κ3) is 6.58. The van der Waals surface area contributed by atoms with Crippen molar-refractivity contribution >= 4 is 34.8 Å². The van der Waals surface area contributed by atoms with Crippen molar-refractivity contribution < 1.29 is 14.3 Å². The smallest absolute Gasteiger partial charge is 0.257 e. The van der Waals surface area contributed by atoms with Crippen LogP contribution in [0.1, 0.15) is 30.6 Å². The van der Waals surface area contributed by atoms with Crippen LogP contribution in [0.15, 0.2) is 42.5 Å². The van der Waals surface area contributed by atoms with Gasteiger partial charge in [-0.25, -0.2) is 0 Å². The molecule has 0 aromatic heterocycles. The molecule has 144 valence electrons. The van der Waals surface area contributed by atoms with Crippen LogP contribution in [-0.2, 0) is 4.79 Å². The summed E-state index contributed by atoms with van der Waals surface area (Å²) in [6.45, 7) is 4.79. The molecule has 2 aromatic rings. The zero-order valence-corrected chi connectivity index (χ0v) is 16.2. The van der Waals surface area contributed by atoms with E-state index in [2.05, 4.69) is 10.6 Å². The van der Waals surface area contributed by atoms with Crippen LogP contribution in [0.3, 0.4) is 0 Å². The molecule has 2 rings (SSSR count). The van der Waals surface area contributed by atoms with E-state index in [9.17, 15) is 9.59 Å². The molecule has 0 spiro atoms. The minimum absolute atomic E-state index is 0.105. The minimum atomic E-state index is -0.365. The van der Waals surface area contributed by atoms with E-state index in [-0.39, 0.29) is 23.3 Å². The van der Waals surface area contributed by atoms with Crippen LogP contribution in [-0.4, -0.2) is 25.0 Å². The molecule has 0 heterocycles. The van der Waals surface area contributed by atoms with Gasteiger partial charge in [-0.2, -0.15) is 0 Å². The number of benzene rings is 2. The largest absolute Gasteiger partial charge is 0.492 e. The molecule has 2 aromatic carbocycles. The fourth-order valence-electron chi connectivity index (χ4n) is 2.37. The Bertz CT molecular complexity index is 792. The highest BCUT2D eigenvalue weighted by atomic mass is 35.5. The summed E-state index contributed by atoms with van der Waals surface area (Å²) in [4.78, 5) is 24.5. The number of halogens is 1. The van der Waals surface area contributed by atoms with E-state index in [0.29, 0.717) is 41.7 Å². The van der Waals surface area contributed by atoms with Gasteiger partial charge in [0.2, 0.25) is 5.91 Å². The van der Waals surface area contributed by atoms with E-state index < -0.39 is 0 Å². The van der Waals surface area contributed by atoms with Crippen LogP contribution in [0, 0.1) is 5.92 Å². The van der Waals surface area contributed by atoms with Gasteiger partial charge in [-0.3, -0.25) is 9.59 Å². The van der Waals surface area contributed by atoms with Gasteiger partial charge in [0.15, 0.2) is 0 Å². The predicted octanol–water partition coefficient (Wildman–Crippen LogP) is 3.91. The van der Waals surface area contributed by atoms with Gasteiger partial charge in [0.25, 0.3) is 5.91 Å². The number of carbonyl (C=O) groups is 2. The molecular weight excluding hydrogens is 366 g/mol. The van der Waals surface area contributed by atoms with E-state index in [1.54, 1.807) is 42.5 Å². The fourth-order valence-corrected chi connectivity index (χ4v) is 2.57. The Kier molecular flexibility index (Phi) is 7.64. The quantitative estimate of drug-likeness (QED) is 0.638. The molecular formula is C20H24ClN3O3. The maximum absolute atomic E-state index is 12.6. The summed E-state index contributed by atoms with van der Waals surface area (Å²) >= 11 is 6.16. The highest BCUT2D eigenvalue weighted by Gasteiger charge is 2.13. The topological polar surface area (TPSA) is 93.5 Å². The molecule has 4 N–H and O–H groups in total. The van der Waals surface area contributed by atoms with Crippen molar-refractivity contribution in [2.45, 2.75) is 20.3 Å². The summed E-state index contributed by atoms with van der Waals surface area (Å²) in [5.41, 5.74) is 6.81. The van der Waals surface area contributed by atoms with E-state index in [1.165, 1.54) is 0 Å². The average Bonchev–Trinajstić information content (AvgIpc) is 2.62. The zero-order chi connectivity index (χ0) is 19.8. The average molecular weight is 390 g/mol. The second kappa shape index (κ2) is 9.94. The highest BCUT2D eigenvalue weighted by molar-refractivity contribution is 6.34. The Labute approximate surface area is 164 Å². The van der Waals surface area contributed by atoms with Gasteiger partial charge in [0.1, 0.15) is 12.4 Å². The Balaban J connectivity index is 2.06. The van der Waals surface area contributed by atoms with Crippen molar-refractivity contribution in [1.82, 2.24) is 0 Å². The van der Waals surface area contributed by atoms with Crippen molar-refractivity contribution in [1.29, 1.82) is 0 Å². The molecule has 0 atom stereocenters. The maximum atomic E-state index is 12.6. The number of rotatable bonds is 8. The predicted molar refractivity (Wildman–Crippen MR) is 108 cm³/mol. The lowest BCUT2D eigenvalue weighted by atomic mass is 10.1. The van der Waals surface area contributed by atoms with E-state index in [0.717, 1.165) is 0 Å². The first-order valence-electron chi connectivity index (χ1n) is 8.72. The Morgan fingerprint density at radius 3 is 2.37 bits per heavy atom. The van der Waals surface area contributed by atoms with E-state index in [1.807, 2.05) is 13.8 Å². The molecule has 0 saturated carbocycles. The van der Waals surface area contributed by atoms with Gasteiger partial charge >= 0.3 is 0 Å². The maximum Gasteiger partial charge on any atom is 0.257 e. The zero-order valence-electron chi connectivity index (χ0n) is 15.4. The number of anilines is 2. The normalized spacial score (nSPS) is 10.6. The molecule has 0 saturated heterocycles. The molecule has 0 radical (unpaired) electrons. The summed E-state index contributed by atoms with van der Waals surface area (Å²) in [6.07, 6.45) is 0.405. The van der Waals surface area contributed by atoms with Crippen LogP contribution in [0.5, 0.6) is 5.75 Å². The molecule has 0 bridgehead atoms. The number of amides is 2. The summed E-state index contributed by atoms with van der Waals surface area (Å²) in [5, 5.41) is 5.86. The van der Waals surface area contributed by atoms with Crippen molar-refractivity contribution in [3.8, 4) is 5.75 Å². The highest BCUT2D eigenvalue weighted by Crippen LogP contribution is 2.23. The van der Waals surface area contributed by atoms with Crippen molar-refractivity contribution in [2.75, 3.05) is 23.8 Å². The lowest BCUT2D eigenvalue weighted by molar-refractivity contribution is -0.116. The Hall–Kier alpha value is -2.57. The van der Waals surface area contributed by atoms with Gasteiger partial charge in [-0.05, 0) is 48.4 Å². The second-order valence-electron chi connectivity index (χ2n) is 6.46. The Morgan fingerprint density at radius 2 is 1.74 bits per heavy atom. The van der Waals surface area contributed by atoms with Crippen LogP contribution in [0.25, 0.3) is 0 Å². The fraction of sp³-hybridized carbons (Fsp3) is 0.300. The van der Waals surface area contributed by atoms with Gasteiger partial charge in [-0.15, -0.1) is 0 Å². The number of ether oxygens (including phenoxy) is 1. The number of nitrogens with one attached hydrogen (secondary N) is 2. The third-order valence-electron chi connectivity index (χ3n) is 3.59. The molecule has 0 aliphatic rings. The molecule has 0 fully saturated rings. The summed E-state index contributed by atoms with van der Waals surface area (Å²) < 4.78 is 5.40. The molecule has 6 nitrogen and oxygen atoms in total. The Morgan fingerprint density at radius 1 is 1.07 bits per heavy atom. The van der Waals surface area contributed by atoms with Crippen LogP contribution < -0.4 is 21.1 Å². The SMILES string of the molecule is CC(C)CC(=O)Nc1ccc(Cl)c(C(=O)Nc2ccc(OCCN)cc2)c1. The van der Waals surface area contributed by atoms with Crippen molar-refractivity contribution in [2.24, 2.45) is 11.7 Å². The van der Waals surface area contributed by atoms with Crippen LogP contribution in [0.2, 0.25) is 5.02 Å². The van der Waals surface area contributed by atoms with Crippen molar-refractivity contribution in [3.63, 3.8) is 0 Å². The number of carbonyl (C=O) groups excluding carboxylic acids is 2.